The fourth-order valence-electron chi connectivity index (χ4n) is 3.17. The van der Waals surface area contributed by atoms with E-state index in [9.17, 15) is 20.2 Å². The lowest BCUT2D eigenvalue weighted by molar-refractivity contribution is -0.393. The minimum atomic E-state index is -0.696. The number of aromatic nitrogens is 1. The summed E-state index contributed by atoms with van der Waals surface area (Å²) in [5.74, 6) is 0. The molecule has 0 aliphatic carbocycles. The molecular formula is C22H18N4O4. The summed E-state index contributed by atoms with van der Waals surface area (Å²) < 4.78 is 2.13. The summed E-state index contributed by atoms with van der Waals surface area (Å²) in [6, 6.07) is 20.1. The Hall–Kier alpha value is -4.46. The van der Waals surface area contributed by atoms with Gasteiger partial charge in [-0.05, 0) is 24.4 Å². The van der Waals surface area contributed by atoms with Gasteiger partial charge in [0.05, 0.1) is 26.9 Å². The smallest absolute Gasteiger partial charge is 0.299 e. The number of nitro benzene ring substituents is 2. The van der Waals surface area contributed by atoms with Crippen LogP contribution in [0.5, 0.6) is 0 Å². The van der Waals surface area contributed by atoms with E-state index in [1.165, 1.54) is 40.1 Å². The Labute approximate surface area is 171 Å². The molecule has 3 aromatic carbocycles. The maximum atomic E-state index is 10.6. The van der Waals surface area contributed by atoms with Crippen molar-refractivity contribution in [1.29, 1.82) is 0 Å². The first-order chi connectivity index (χ1) is 14.5. The zero-order valence-corrected chi connectivity index (χ0v) is 15.9. The Morgan fingerprint density at radius 3 is 1.87 bits per heavy atom. The highest BCUT2D eigenvalue weighted by molar-refractivity contribution is 6.09. The summed E-state index contributed by atoms with van der Waals surface area (Å²) in [5, 5.41) is 26.1. The number of anilines is 1. The summed E-state index contributed by atoms with van der Waals surface area (Å²) in [6.45, 7) is 7.21. The fourth-order valence-corrected chi connectivity index (χ4v) is 3.17. The zero-order valence-electron chi connectivity index (χ0n) is 15.9. The maximum absolute atomic E-state index is 10.6. The van der Waals surface area contributed by atoms with Gasteiger partial charge in [0.25, 0.3) is 11.4 Å². The summed E-state index contributed by atoms with van der Waals surface area (Å²) in [6.07, 6.45) is 3.12. The number of nitrogens with zero attached hydrogens (tertiary/aromatic N) is 3. The van der Waals surface area contributed by atoms with Crippen LogP contribution in [0.25, 0.3) is 28.0 Å². The summed E-state index contributed by atoms with van der Waals surface area (Å²) >= 11 is 0. The van der Waals surface area contributed by atoms with E-state index in [1.807, 2.05) is 6.20 Å². The largest absolute Gasteiger partial charge is 0.357 e. The van der Waals surface area contributed by atoms with Gasteiger partial charge in [-0.15, -0.1) is 0 Å². The van der Waals surface area contributed by atoms with Crippen LogP contribution in [-0.2, 0) is 0 Å². The number of nitrogens with one attached hydrogen (secondary N) is 1. The Morgan fingerprint density at radius 2 is 1.40 bits per heavy atom. The summed E-state index contributed by atoms with van der Waals surface area (Å²) in [7, 11) is 0. The van der Waals surface area contributed by atoms with Crippen LogP contribution < -0.4 is 5.32 Å². The van der Waals surface area contributed by atoms with Gasteiger partial charge >= 0.3 is 0 Å². The number of nitro groups is 2. The van der Waals surface area contributed by atoms with Crippen LogP contribution in [0.2, 0.25) is 0 Å². The van der Waals surface area contributed by atoms with E-state index in [0.717, 1.165) is 6.07 Å². The van der Waals surface area contributed by atoms with Crippen molar-refractivity contribution in [2.75, 3.05) is 5.32 Å². The first kappa shape index (κ1) is 20.3. The van der Waals surface area contributed by atoms with Crippen LogP contribution in [0.4, 0.5) is 17.1 Å². The Morgan fingerprint density at radius 1 is 0.833 bits per heavy atom. The van der Waals surface area contributed by atoms with Gasteiger partial charge in [0.15, 0.2) is 0 Å². The second-order valence-electron chi connectivity index (χ2n) is 6.15. The fraction of sp³-hybridized carbons (Fsp3) is 0. The van der Waals surface area contributed by atoms with E-state index < -0.39 is 9.85 Å². The van der Waals surface area contributed by atoms with Crippen LogP contribution >= 0.6 is 0 Å². The van der Waals surface area contributed by atoms with E-state index in [0.29, 0.717) is 0 Å². The summed E-state index contributed by atoms with van der Waals surface area (Å²) in [5.41, 5.74) is 1.92. The molecule has 0 unspecified atom stereocenters. The third-order valence-corrected chi connectivity index (χ3v) is 4.45. The summed E-state index contributed by atoms with van der Waals surface area (Å²) in [4.78, 5) is 19.6. The van der Waals surface area contributed by atoms with Crippen molar-refractivity contribution in [1.82, 2.24) is 4.57 Å². The molecule has 1 N–H and O–H groups in total. The van der Waals surface area contributed by atoms with Gasteiger partial charge in [-0.3, -0.25) is 20.2 Å². The molecule has 0 spiro atoms. The minimum absolute atomic E-state index is 0.167. The Kier molecular flexibility index (Phi) is 5.88. The molecule has 30 heavy (non-hydrogen) atoms. The molecule has 4 aromatic rings. The molecule has 0 bridgehead atoms. The standard InChI is InChI=1S/C14H11N.C8H7N3O4/c1-2-15-13-9-5-3-7-11(13)12-8-4-6-10-14(12)15;1-2-9-7-4-3-6(10(12)13)5-8(7)11(14)15/h2-10H,1H2;2-5,9H,1H2. The van der Waals surface area contributed by atoms with Gasteiger partial charge in [0.2, 0.25) is 0 Å². The molecule has 1 aromatic heterocycles. The van der Waals surface area contributed by atoms with E-state index in [1.54, 1.807) is 0 Å². The molecule has 0 atom stereocenters. The van der Waals surface area contributed by atoms with Gasteiger partial charge < -0.3 is 9.88 Å². The number of rotatable bonds is 5. The second-order valence-corrected chi connectivity index (χ2v) is 6.15. The van der Waals surface area contributed by atoms with Crippen LogP contribution in [-0.4, -0.2) is 14.4 Å². The highest BCUT2D eigenvalue weighted by Gasteiger charge is 2.18. The van der Waals surface area contributed by atoms with Crippen molar-refractivity contribution < 1.29 is 9.85 Å². The topological polar surface area (TPSA) is 103 Å². The van der Waals surface area contributed by atoms with Crippen LogP contribution in [0.15, 0.2) is 86.1 Å². The molecule has 150 valence electrons. The van der Waals surface area contributed by atoms with Crippen molar-refractivity contribution in [2.24, 2.45) is 0 Å². The molecule has 8 heteroatoms. The normalized spacial score (nSPS) is 10.1. The second kappa shape index (κ2) is 8.70. The van der Waals surface area contributed by atoms with Gasteiger partial charge in [-0.2, -0.15) is 0 Å². The first-order valence-corrected chi connectivity index (χ1v) is 8.88. The Balaban J connectivity index is 0.000000171. The predicted molar refractivity (Wildman–Crippen MR) is 119 cm³/mol. The van der Waals surface area contributed by atoms with Gasteiger partial charge in [-0.1, -0.05) is 49.6 Å². The minimum Gasteiger partial charge on any atom is -0.357 e. The number of benzene rings is 3. The number of non-ortho nitro benzene ring substituents is 1. The average Bonchev–Trinajstić information content (AvgIpc) is 3.08. The van der Waals surface area contributed by atoms with E-state index in [4.69, 9.17) is 0 Å². The number of hydrogen-bond donors (Lipinski definition) is 1. The first-order valence-electron chi connectivity index (χ1n) is 8.88. The Bertz CT molecular complexity index is 1220. The van der Waals surface area contributed by atoms with Crippen molar-refractivity contribution in [3.8, 4) is 0 Å². The molecule has 0 saturated carbocycles. The van der Waals surface area contributed by atoms with Crippen LogP contribution in [0.3, 0.4) is 0 Å². The van der Waals surface area contributed by atoms with Crippen LogP contribution in [0, 0.1) is 20.2 Å². The van der Waals surface area contributed by atoms with Crippen molar-refractivity contribution in [2.45, 2.75) is 0 Å². The lowest BCUT2D eigenvalue weighted by Gasteiger charge is -2.01. The zero-order chi connectivity index (χ0) is 21.7. The van der Waals surface area contributed by atoms with E-state index in [-0.39, 0.29) is 17.1 Å². The molecule has 0 aliphatic rings. The van der Waals surface area contributed by atoms with E-state index >= 15 is 0 Å². The van der Waals surface area contributed by atoms with Crippen molar-refractivity contribution in [3.63, 3.8) is 0 Å². The average molecular weight is 402 g/mol. The lowest BCUT2D eigenvalue weighted by atomic mass is 10.2. The molecular weight excluding hydrogens is 384 g/mol. The SMILES string of the molecule is C=CNc1ccc([N+](=O)[O-])cc1[N+](=O)[O-].C=Cn1c2ccccc2c2ccccc21. The quantitative estimate of drug-likeness (QED) is 0.328. The highest BCUT2D eigenvalue weighted by atomic mass is 16.6. The van der Waals surface area contributed by atoms with Crippen molar-refractivity contribution in [3.05, 3.63) is 106 Å². The molecule has 8 nitrogen and oxygen atoms in total. The van der Waals surface area contributed by atoms with Crippen LogP contribution in [0.1, 0.15) is 0 Å². The molecule has 0 fully saturated rings. The third kappa shape index (κ3) is 3.88. The maximum Gasteiger partial charge on any atom is 0.299 e. The number of hydrogen-bond acceptors (Lipinski definition) is 5. The van der Waals surface area contributed by atoms with Gasteiger partial charge in [-0.25, -0.2) is 0 Å². The number of para-hydroxylation sites is 2. The molecule has 0 amide bonds. The third-order valence-electron chi connectivity index (χ3n) is 4.45. The predicted octanol–water partition coefficient (Wildman–Crippen LogP) is 5.95. The van der Waals surface area contributed by atoms with Gasteiger partial charge in [0.1, 0.15) is 5.69 Å². The van der Waals surface area contributed by atoms with Crippen molar-refractivity contribution >= 4 is 45.1 Å². The highest BCUT2D eigenvalue weighted by Crippen LogP contribution is 2.29. The number of fused-ring (bicyclic) bond motifs is 3. The lowest BCUT2D eigenvalue weighted by Crippen LogP contribution is -1.97. The van der Waals surface area contributed by atoms with Gasteiger partial charge in [0, 0.05) is 23.0 Å². The molecule has 0 saturated heterocycles. The monoisotopic (exact) mass is 402 g/mol. The molecule has 1 heterocycles. The molecule has 0 aliphatic heterocycles. The van der Waals surface area contributed by atoms with E-state index in [2.05, 4.69) is 71.6 Å². The molecule has 4 rings (SSSR count). The molecule has 0 radical (unpaired) electrons.